The number of primary amides is 1. The summed E-state index contributed by atoms with van der Waals surface area (Å²) in [7, 11) is 1.08. The van der Waals surface area contributed by atoms with Crippen LogP contribution >= 0.6 is 27.3 Å². The first-order chi connectivity index (χ1) is 16.2. The zero-order valence-electron chi connectivity index (χ0n) is 17.0. The third kappa shape index (κ3) is 4.38. The number of halogens is 7. The average Bonchev–Trinajstić information content (AvgIpc) is 3.44. The van der Waals surface area contributed by atoms with Gasteiger partial charge in [-0.25, -0.2) is 4.98 Å². The zero-order valence-corrected chi connectivity index (χ0v) is 19.4. The van der Waals surface area contributed by atoms with Crippen molar-refractivity contribution in [3.05, 3.63) is 50.9 Å². The van der Waals surface area contributed by atoms with Crippen LogP contribution in [0, 0.1) is 0 Å². The average molecular weight is 582 g/mol. The SMILES string of the molecule is Cn1nc(C(F)(F)F)c(Br)c1C(=O)Nc1c(C(N)=O)sc2nc(C(F)(F)F)cc(-c3ccco3)c12. The largest absolute Gasteiger partial charge is 0.464 e. The highest BCUT2D eigenvalue weighted by molar-refractivity contribution is 9.10. The third-order valence-corrected chi connectivity index (χ3v) is 6.52. The van der Waals surface area contributed by atoms with Gasteiger partial charge < -0.3 is 15.5 Å². The van der Waals surface area contributed by atoms with E-state index in [9.17, 15) is 35.9 Å². The van der Waals surface area contributed by atoms with Crippen molar-refractivity contribution in [3.63, 3.8) is 0 Å². The van der Waals surface area contributed by atoms with Gasteiger partial charge in [-0.05, 0) is 34.1 Å². The number of hydrogen-bond acceptors (Lipinski definition) is 6. The van der Waals surface area contributed by atoms with Crippen LogP contribution in [0.1, 0.15) is 31.5 Å². The number of aryl methyl sites for hydroxylation is 1. The summed E-state index contributed by atoms with van der Waals surface area (Å²) in [6, 6.07) is 3.41. The molecule has 0 aliphatic rings. The van der Waals surface area contributed by atoms with Gasteiger partial charge in [0, 0.05) is 18.0 Å². The summed E-state index contributed by atoms with van der Waals surface area (Å²) in [5, 5.41) is 5.46. The highest BCUT2D eigenvalue weighted by atomic mass is 79.9. The number of anilines is 1. The molecule has 8 nitrogen and oxygen atoms in total. The molecule has 35 heavy (non-hydrogen) atoms. The van der Waals surface area contributed by atoms with Crippen LogP contribution in [0.25, 0.3) is 21.5 Å². The van der Waals surface area contributed by atoms with Gasteiger partial charge in [0.25, 0.3) is 11.8 Å². The van der Waals surface area contributed by atoms with E-state index in [1.807, 2.05) is 0 Å². The predicted octanol–water partition coefficient (Wildman–Crippen LogP) is 5.44. The van der Waals surface area contributed by atoms with Crippen molar-refractivity contribution in [2.75, 3.05) is 5.32 Å². The lowest BCUT2D eigenvalue weighted by atomic mass is 10.1. The maximum atomic E-state index is 13.5. The van der Waals surface area contributed by atoms with E-state index in [0.29, 0.717) is 22.1 Å². The smallest absolute Gasteiger partial charge is 0.436 e. The number of nitrogens with two attached hydrogens (primary N) is 1. The van der Waals surface area contributed by atoms with Gasteiger partial charge in [0.05, 0.1) is 16.4 Å². The number of amides is 2. The Labute approximate surface area is 202 Å². The lowest BCUT2D eigenvalue weighted by molar-refractivity contribution is -0.142. The van der Waals surface area contributed by atoms with Crippen LogP contribution in [-0.2, 0) is 19.4 Å². The number of pyridine rings is 1. The molecule has 0 saturated heterocycles. The molecular weight excluding hydrogens is 572 g/mol. The summed E-state index contributed by atoms with van der Waals surface area (Å²) in [4.78, 5) is 28.0. The molecule has 16 heteroatoms. The molecule has 4 aromatic rings. The number of carbonyl (C=O) groups is 2. The second kappa shape index (κ2) is 8.37. The Balaban J connectivity index is 1.94. The van der Waals surface area contributed by atoms with Gasteiger partial charge in [-0.15, -0.1) is 11.3 Å². The fourth-order valence-electron chi connectivity index (χ4n) is 3.26. The third-order valence-electron chi connectivity index (χ3n) is 4.67. The van der Waals surface area contributed by atoms with E-state index in [-0.39, 0.29) is 32.1 Å². The Morgan fingerprint density at radius 1 is 1.20 bits per heavy atom. The first-order valence-electron chi connectivity index (χ1n) is 9.19. The van der Waals surface area contributed by atoms with Crippen molar-refractivity contribution in [3.8, 4) is 11.3 Å². The Morgan fingerprint density at radius 2 is 1.89 bits per heavy atom. The normalized spacial score (nSPS) is 12.3. The van der Waals surface area contributed by atoms with E-state index in [4.69, 9.17) is 10.2 Å². The molecule has 0 unspecified atom stereocenters. The monoisotopic (exact) mass is 581 g/mol. The number of furan rings is 1. The van der Waals surface area contributed by atoms with Crippen molar-refractivity contribution in [1.82, 2.24) is 14.8 Å². The molecule has 0 bridgehead atoms. The van der Waals surface area contributed by atoms with Crippen LogP contribution in [0.3, 0.4) is 0 Å². The van der Waals surface area contributed by atoms with Crippen molar-refractivity contribution in [2.24, 2.45) is 12.8 Å². The fourth-order valence-corrected chi connectivity index (χ4v) is 5.01. The second-order valence-electron chi connectivity index (χ2n) is 6.97. The number of carbonyl (C=O) groups excluding carboxylic acids is 2. The van der Waals surface area contributed by atoms with Gasteiger partial charge in [0.1, 0.15) is 26.9 Å². The Hall–Kier alpha value is -3.40. The topological polar surface area (TPSA) is 116 Å². The summed E-state index contributed by atoms with van der Waals surface area (Å²) in [5.41, 5.74) is 1.64. The van der Waals surface area contributed by atoms with E-state index in [1.54, 1.807) is 0 Å². The van der Waals surface area contributed by atoms with Gasteiger partial charge >= 0.3 is 12.4 Å². The van der Waals surface area contributed by atoms with E-state index < -0.39 is 45.7 Å². The van der Waals surface area contributed by atoms with Crippen LogP contribution in [0.5, 0.6) is 0 Å². The quantitative estimate of drug-likeness (QED) is 0.311. The minimum absolute atomic E-state index is 0.0479. The summed E-state index contributed by atoms with van der Waals surface area (Å²) < 4.78 is 85.2. The van der Waals surface area contributed by atoms with Crippen LogP contribution in [0.15, 0.2) is 33.4 Å². The molecule has 0 aromatic carbocycles. The highest BCUT2D eigenvalue weighted by Crippen LogP contribution is 2.44. The van der Waals surface area contributed by atoms with Crippen LogP contribution in [-0.4, -0.2) is 26.6 Å². The van der Waals surface area contributed by atoms with Crippen molar-refractivity contribution >= 4 is 55.0 Å². The summed E-state index contributed by atoms with van der Waals surface area (Å²) in [5.74, 6) is -2.30. The lowest BCUT2D eigenvalue weighted by Crippen LogP contribution is -2.19. The Bertz CT molecular complexity index is 1470. The standard InChI is InChI=1S/C19H10BrF6N5O3S/c1-31-12(10(20)14(30-31)19(24,25)26)16(33)29-11-9-6(7-3-2-4-34-7)5-8(18(21,22)23)28-17(9)35-13(11)15(27)32/h2-5H,1H3,(H2,27,32)(H,29,33). The summed E-state index contributed by atoms with van der Waals surface area (Å²) in [6.07, 6.45) is -8.55. The number of nitrogens with zero attached hydrogens (tertiary/aromatic N) is 3. The first kappa shape index (κ1) is 24.7. The highest BCUT2D eigenvalue weighted by Gasteiger charge is 2.40. The van der Waals surface area contributed by atoms with Gasteiger partial charge in [-0.1, -0.05) is 0 Å². The van der Waals surface area contributed by atoms with Crippen LogP contribution in [0.4, 0.5) is 32.0 Å². The molecule has 0 fully saturated rings. The molecule has 0 aliphatic heterocycles. The molecule has 4 heterocycles. The second-order valence-corrected chi connectivity index (χ2v) is 8.76. The predicted molar refractivity (Wildman–Crippen MR) is 115 cm³/mol. The molecule has 0 spiro atoms. The molecule has 184 valence electrons. The number of aromatic nitrogens is 3. The summed E-state index contributed by atoms with van der Waals surface area (Å²) >= 11 is 3.18. The molecule has 0 atom stereocenters. The Morgan fingerprint density at radius 3 is 2.40 bits per heavy atom. The van der Waals surface area contributed by atoms with Gasteiger partial charge in [0.15, 0.2) is 5.69 Å². The fraction of sp³-hybridized carbons (Fsp3) is 0.158. The summed E-state index contributed by atoms with van der Waals surface area (Å²) in [6.45, 7) is 0. The minimum atomic E-state index is -4.88. The van der Waals surface area contributed by atoms with Crippen molar-refractivity contribution in [2.45, 2.75) is 12.4 Å². The molecule has 0 saturated carbocycles. The van der Waals surface area contributed by atoms with E-state index in [0.717, 1.165) is 7.05 Å². The number of alkyl halides is 6. The minimum Gasteiger partial charge on any atom is -0.464 e. The number of thiophene rings is 1. The van der Waals surface area contributed by atoms with Gasteiger partial charge in [0.2, 0.25) is 0 Å². The van der Waals surface area contributed by atoms with Crippen molar-refractivity contribution in [1.29, 1.82) is 0 Å². The molecule has 0 radical (unpaired) electrons. The molecule has 3 N–H and O–H groups in total. The lowest BCUT2D eigenvalue weighted by Gasteiger charge is -2.11. The van der Waals surface area contributed by atoms with Gasteiger partial charge in [-0.3, -0.25) is 14.3 Å². The maximum absolute atomic E-state index is 13.5. The molecule has 4 rings (SSSR count). The number of hydrogen-bond donors (Lipinski definition) is 2. The number of rotatable bonds is 4. The Kier molecular flexibility index (Phi) is 5.91. The van der Waals surface area contributed by atoms with Crippen LogP contribution < -0.4 is 11.1 Å². The molecular formula is C19H10BrF6N5O3S. The molecule has 4 aromatic heterocycles. The van der Waals surface area contributed by atoms with Gasteiger partial charge in [-0.2, -0.15) is 31.4 Å². The van der Waals surface area contributed by atoms with Crippen LogP contribution in [0.2, 0.25) is 0 Å². The van der Waals surface area contributed by atoms with E-state index in [1.165, 1.54) is 18.4 Å². The number of nitrogens with one attached hydrogen (secondary N) is 1. The number of fused-ring (bicyclic) bond motifs is 1. The van der Waals surface area contributed by atoms with Crippen molar-refractivity contribution < 1.29 is 40.3 Å². The van der Waals surface area contributed by atoms with E-state index >= 15 is 0 Å². The maximum Gasteiger partial charge on any atom is 0.436 e. The first-order valence-corrected chi connectivity index (χ1v) is 10.8. The zero-order chi connectivity index (χ0) is 25.9. The molecule has 0 aliphatic carbocycles. The molecule has 2 amide bonds. The van der Waals surface area contributed by atoms with E-state index in [2.05, 4.69) is 31.3 Å².